The van der Waals surface area contributed by atoms with Crippen LogP contribution in [0.1, 0.15) is 11.4 Å². The van der Waals surface area contributed by atoms with Crippen LogP contribution in [-0.2, 0) is 6.42 Å². The van der Waals surface area contributed by atoms with E-state index in [2.05, 4.69) is 10.1 Å². The zero-order valence-corrected chi connectivity index (χ0v) is 9.61. The Labute approximate surface area is 104 Å². The monoisotopic (exact) mass is 240 g/mol. The van der Waals surface area contributed by atoms with Crippen LogP contribution in [0.2, 0.25) is 0 Å². The van der Waals surface area contributed by atoms with Crippen molar-refractivity contribution in [3.63, 3.8) is 0 Å². The van der Waals surface area contributed by atoms with Crippen molar-refractivity contribution in [2.24, 2.45) is 0 Å². The molecule has 2 heterocycles. The molecule has 0 saturated heterocycles. The fraction of sp³-hybridized carbons (Fsp3) is 0.0769. The lowest BCUT2D eigenvalue weighted by Crippen LogP contribution is -1.92. The third-order valence-corrected chi connectivity index (χ3v) is 2.70. The van der Waals surface area contributed by atoms with E-state index in [0.717, 1.165) is 17.0 Å². The van der Waals surface area contributed by atoms with Gasteiger partial charge in [0.2, 0.25) is 0 Å². The number of fused-ring (bicyclic) bond motifs is 1. The molecule has 90 valence electrons. The summed E-state index contributed by atoms with van der Waals surface area (Å²) in [5, 5.41) is 13.6. The molecule has 0 bridgehead atoms. The fourth-order valence-electron chi connectivity index (χ4n) is 1.81. The molecule has 0 fully saturated rings. The van der Waals surface area contributed by atoms with Gasteiger partial charge in [0.25, 0.3) is 0 Å². The number of hydrogen-bond donors (Lipinski definition) is 2. The Balaban J connectivity index is 1.92. The third kappa shape index (κ3) is 1.98. The van der Waals surface area contributed by atoms with Gasteiger partial charge in [-0.2, -0.15) is 5.10 Å². The summed E-state index contributed by atoms with van der Waals surface area (Å²) in [6.45, 7) is 0. The molecular weight excluding hydrogens is 228 g/mol. The molecule has 0 atom stereocenters. The van der Waals surface area contributed by atoms with Crippen molar-refractivity contribution in [2.45, 2.75) is 6.42 Å². The van der Waals surface area contributed by atoms with E-state index in [4.69, 9.17) is 5.73 Å². The molecule has 18 heavy (non-hydrogen) atoms. The van der Waals surface area contributed by atoms with E-state index >= 15 is 0 Å². The number of rotatable bonds is 2. The Morgan fingerprint density at radius 3 is 2.72 bits per heavy atom. The van der Waals surface area contributed by atoms with Crippen LogP contribution < -0.4 is 5.73 Å². The molecule has 0 radical (unpaired) electrons. The van der Waals surface area contributed by atoms with Gasteiger partial charge in [0.1, 0.15) is 5.75 Å². The molecule has 0 spiro atoms. The van der Waals surface area contributed by atoms with Crippen LogP contribution in [0.5, 0.6) is 5.75 Å². The van der Waals surface area contributed by atoms with E-state index < -0.39 is 0 Å². The van der Waals surface area contributed by atoms with Crippen molar-refractivity contribution in [1.82, 2.24) is 14.6 Å². The first kappa shape index (κ1) is 10.6. The van der Waals surface area contributed by atoms with Gasteiger partial charge in [-0.05, 0) is 23.8 Å². The molecule has 0 unspecified atom stereocenters. The lowest BCUT2D eigenvalue weighted by molar-refractivity contribution is 0.475. The number of aromatic nitrogens is 3. The number of hydrogen-bond acceptors (Lipinski definition) is 4. The minimum atomic E-state index is 0.259. The summed E-state index contributed by atoms with van der Waals surface area (Å²) in [6, 6.07) is 10.6. The second-order valence-electron chi connectivity index (χ2n) is 4.13. The van der Waals surface area contributed by atoms with Crippen LogP contribution in [0, 0.1) is 0 Å². The largest absolute Gasteiger partial charge is 0.508 e. The van der Waals surface area contributed by atoms with Crippen LogP contribution in [0.4, 0.5) is 5.69 Å². The molecule has 3 N–H and O–H groups in total. The number of phenols is 1. The lowest BCUT2D eigenvalue weighted by Gasteiger charge is -1.96. The topological polar surface area (TPSA) is 76.4 Å². The van der Waals surface area contributed by atoms with E-state index in [-0.39, 0.29) is 5.75 Å². The van der Waals surface area contributed by atoms with E-state index in [9.17, 15) is 5.11 Å². The fourth-order valence-corrected chi connectivity index (χ4v) is 1.81. The van der Waals surface area contributed by atoms with Gasteiger partial charge in [-0.3, -0.25) is 0 Å². The molecule has 0 amide bonds. The first-order valence-electron chi connectivity index (χ1n) is 5.59. The summed E-state index contributed by atoms with van der Waals surface area (Å²) in [5.74, 6) is 0.987. The summed E-state index contributed by atoms with van der Waals surface area (Å²) in [4.78, 5) is 4.40. The van der Waals surface area contributed by atoms with Crippen LogP contribution in [-0.4, -0.2) is 19.7 Å². The second kappa shape index (κ2) is 4.03. The van der Waals surface area contributed by atoms with Gasteiger partial charge in [0, 0.05) is 24.4 Å². The maximum Gasteiger partial charge on any atom is 0.157 e. The van der Waals surface area contributed by atoms with Crippen molar-refractivity contribution in [3.05, 3.63) is 54.0 Å². The van der Waals surface area contributed by atoms with Gasteiger partial charge in [0.05, 0.1) is 0 Å². The summed E-state index contributed by atoms with van der Waals surface area (Å²) >= 11 is 0. The zero-order valence-electron chi connectivity index (χ0n) is 9.61. The summed E-state index contributed by atoms with van der Waals surface area (Å²) in [7, 11) is 0. The molecule has 1 aromatic carbocycles. The van der Waals surface area contributed by atoms with Crippen LogP contribution in [0.25, 0.3) is 5.65 Å². The standard InChI is InChI=1S/C13H12N4O/c14-10-5-6-17-13(8-10)15-12(16-17)7-9-1-3-11(18)4-2-9/h1-6,8,18H,7,14H2. The first-order valence-corrected chi connectivity index (χ1v) is 5.59. The highest BCUT2D eigenvalue weighted by molar-refractivity contribution is 5.50. The number of nitrogen functional groups attached to an aromatic ring is 1. The van der Waals surface area contributed by atoms with Gasteiger partial charge in [-0.15, -0.1) is 0 Å². The Morgan fingerprint density at radius 1 is 1.17 bits per heavy atom. The lowest BCUT2D eigenvalue weighted by atomic mass is 10.1. The number of nitrogens with zero attached hydrogens (tertiary/aromatic N) is 3. The maximum atomic E-state index is 9.22. The van der Waals surface area contributed by atoms with E-state index in [1.165, 1.54) is 0 Å². The number of benzene rings is 1. The van der Waals surface area contributed by atoms with Crippen molar-refractivity contribution in [1.29, 1.82) is 0 Å². The highest BCUT2D eigenvalue weighted by Crippen LogP contribution is 2.13. The van der Waals surface area contributed by atoms with Crippen molar-refractivity contribution in [2.75, 3.05) is 5.73 Å². The molecule has 5 heteroatoms. The highest BCUT2D eigenvalue weighted by atomic mass is 16.3. The van der Waals surface area contributed by atoms with E-state index in [1.807, 2.05) is 12.1 Å². The van der Waals surface area contributed by atoms with Crippen molar-refractivity contribution >= 4 is 11.3 Å². The predicted molar refractivity (Wildman–Crippen MR) is 68.3 cm³/mol. The Morgan fingerprint density at radius 2 is 1.94 bits per heavy atom. The van der Waals surface area contributed by atoms with Gasteiger partial charge in [0.15, 0.2) is 11.5 Å². The summed E-state index contributed by atoms with van der Waals surface area (Å²) in [6.07, 6.45) is 2.42. The quantitative estimate of drug-likeness (QED) is 0.713. The summed E-state index contributed by atoms with van der Waals surface area (Å²) < 4.78 is 1.70. The minimum Gasteiger partial charge on any atom is -0.508 e. The predicted octanol–water partition coefficient (Wildman–Crippen LogP) is 1.61. The Bertz CT molecular complexity index is 688. The molecular formula is C13H12N4O. The van der Waals surface area contributed by atoms with E-state index in [1.54, 1.807) is 35.0 Å². The van der Waals surface area contributed by atoms with E-state index in [0.29, 0.717) is 12.1 Å². The Hall–Kier alpha value is -2.56. The van der Waals surface area contributed by atoms with Crippen molar-refractivity contribution in [3.8, 4) is 5.75 Å². The second-order valence-corrected chi connectivity index (χ2v) is 4.13. The molecule has 0 aliphatic carbocycles. The zero-order chi connectivity index (χ0) is 12.5. The molecule has 0 saturated carbocycles. The maximum absolute atomic E-state index is 9.22. The normalized spacial score (nSPS) is 10.9. The number of aromatic hydroxyl groups is 1. The molecule has 5 nitrogen and oxygen atoms in total. The average molecular weight is 240 g/mol. The summed E-state index contributed by atoms with van der Waals surface area (Å²) in [5.41, 5.74) is 8.16. The van der Waals surface area contributed by atoms with Gasteiger partial charge >= 0.3 is 0 Å². The van der Waals surface area contributed by atoms with Crippen LogP contribution >= 0.6 is 0 Å². The number of nitrogens with two attached hydrogens (primary N) is 1. The first-order chi connectivity index (χ1) is 8.70. The minimum absolute atomic E-state index is 0.259. The number of anilines is 1. The van der Waals surface area contributed by atoms with Crippen LogP contribution in [0.15, 0.2) is 42.6 Å². The van der Waals surface area contributed by atoms with Crippen molar-refractivity contribution < 1.29 is 5.11 Å². The van der Waals surface area contributed by atoms with Gasteiger partial charge in [-0.25, -0.2) is 9.50 Å². The smallest absolute Gasteiger partial charge is 0.157 e. The average Bonchev–Trinajstić information content (AvgIpc) is 2.73. The SMILES string of the molecule is Nc1ccn2nc(Cc3ccc(O)cc3)nc2c1. The molecule has 3 rings (SSSR count). The molecule has 0 aliphatic rings. The Kier molecular flexibility index (Phi) is 2.37. The highest BCUT2D eigenvalue weighted by Gasteiger charge is 2.05. The van der Waals surface area contributed by atoms with Crippen LogP contribution in [0.3, 0.4) is 0 Å². The molecule has 3 aromatic rings. The third-order valence-electron chi connectivity index (χ3n) is 2.70. The molecule has 0 aliphatic heterocycles. The molecule has 2 aromatic heterocycles. The van der Waals surface area contributed by atoms with Gasteiger partial charge < -0.3 is 10.8 Å². The number of phenolic OH excluding ortho intramolecular Hbond substituents is 1. The van der Waals surface area contributed by atoms with Gasteiger partial charge in [-0.1, -0.05) is 12.1 Å². The number of pyridine rings is 1.